The Hall–Kier alpha value is -3.07. The lowest BCUT2D eigenvalue weighted by Gasteiger charge is -2.22. The number of hydrogen-bond donors (Lipinski definition) is 1. The van der Waals surface area contributed by atoms with Gasteiger partial charge in [0.15, 0.2) is 34.7 Å². The maximum atomic E-state index is 13.8. The quantitative estimate of drug-likeness (QED) is 0.696. The zero-order valence-electron chi connectivity index (χ0n) is 13.7. The van der Waals surface area contributed by atoms with Crippen LogP contribution in [0.15, 0.2) is 29.1 Å². The molecule has 5 nitrogen and oxygen atoms in total. The first-order valence-corrected chi connectivity index (χ1v) is 7.77. The molecular formula is C18H10F4N2O3. The van der Waals surface area contributed by atoms with E-state index in [4.69, 9.17) is 0 Å². The first kappa shape index (κ1) is 17.3. The summed E-state index contributed by atoms with van der Waals surface area (Å²) in [4.78, 5) is 28.5. The lowest BCUT2D eigenvalue weighted by atomic mass is 9.89. The van der Waals surface area contributed by atoms with Crippen molar-refractivity contribution in [3.63, 3.8) is 0 Å². The Morgan fingerprint density at radius 3 is 2.33 bits per heavy atom. The number of carbonyl (C=O) groups is 1. The predicted molar refractivity (Wildman–Crippen MR) is 85.5 cm³/mol. The van der Waals surface area contributed by atoms with Crippen molar-refractivity contribution >= 4 is 16.7 Å². The average molecular weight is 378 g/mol. The van der Waals surface area contributed by atoms with Crippen molar-refractivity contribution in [3.8, 4) is 5.69 Å². The monoisotopic (exact) mass is 378 g/mol. The van der Waals surface area contributed by atoms with Gasteiger partial charge in [-0.3, -0.25) is 14.2 Å². The molecule has 4 rings (SSSR count). The van der Waals surface area contributed by atoms with Gasteiger partial charge in [0.1, 0.15) is 5.78 Å². The highest BCUT2D eigenvalue weighted by Crippen LogP contribution is 2.43. The number of Topliss-reactive ketones (excluding diaryl/α,β-unsaturated/α-hetero) is 1. The van der Waals surface area contributed by atoms with Crippen molar-refractivity contribution in [2.24, 2.45) is 0 Å². The zero-order valence-corrected chi connectivity index (χ0v) is 13.7. The van der Waals surface area contributed by atoms with Gasteiger partial charge in [0.25, 0.3) is 5.56 Å². The second-order valence-electron chi connectivity index (χ2n) is 6.38. The number of fused-ring (bicyclic) bond motifs is 4. The number of benzene rings is 2. The molecule has 0 aliphatic carbocycles. The number of aliphatic hydroxyl groups is 1. The van der Waals surface area contributed by atoms with Crippen LogP contribution in [0.5, 0.6) is 0 Å². The second kappa shape index (κ2) is 5.46. The zero-order chi connectivity index (χ0) is 19.7. The number of nitrogens with zero attached hydrogens (tertiary/aromatic N) is 2. The lowest BCUT2D eigenvalue weighted by molar-refractivity contribution is -0.121. The van der Waals surface area contributed by atoms with Gasteiger partial charge < -0.3 is 5.11 Å². The maximum Gasteiger partial charge on any atom is 0.266 e. The highest BCUT2D eigenvalue weighted by atomic mass is 19.2. The first-order valence-electron chi connectivity index (χ1n) is 7.77. The smallest absolute Gasteiger partial charge is 0.266 e. The molecule has 0 saturated carbocycles. The Morgan fingerprint density at radius 2 is 1.67 bits per heavy atom. The van der Waals surface area contributed by atoms with Gasteiger partial charge in [0.2, 0.25) is 0 Å². The molecule has 0 bridgehead atoms. The summed E-state index contributed by atoms with van der Waals surface area (Å²) in [5, 5.41) is 10.8. The fourth-order valence-electron chi connectivity index (χ4n) is 3.39. The molecule has 0 radical (unpaired) electrons. The van der Waals surface area contributed by atoms with Crippen molar-refractivity contribution in [2.75, 3.05) is 0 Å². The molecule has 2 heterocycles. The molecule has 0 saturated heterocycles. The Bertz CT molecular complexity index is 1220. The van der Waals surface area contributed by atoms with Crippen LogP contribution in [-0.4, -0.2) is 20.4 Å². The van der Waals surface area contributed by atoms with Gasteiger partial charge in [-0.2, -0.15) is 0 Å². The van der Waals surface area contributed by atoms with E-state index in [-0.39, 0.29) is 22.2 Å². The molecule has 27 heavy (non-hydrogen) atoms. The van der Waals surface area contributed by atoms with Crippen LogP contribution in [-0.2, 0) is 10.4 Å². The van der Waals surface area contributed by atoms with E-state index in [0.717, 1.165) is 11.5 Å². The molecule has 3 aromatic rings. The minimum absolute atomic E-state index is 0.225. The molecule has 2 aromatic carbocycles. The van der Waals surface area contributed by atoms with Crippen molar-refractivity contribution in [1.82, 2.24) is 9.55 Å². The number of hydrogen-bond acceptors (Lipinski definition) is 4. The molecule has 0 fully saturated rings. The molecule has 1 N–H and O–H groups in total. The Morgan fingerprint density at radius 1 is 1.07 bits per heavy atom. The Labute approximate surface area is 148 Å². The van der Waals surface area contributed by atoms with Crippen molar-refractivity contribution < 1.29 is 27.5 Å². The summed E-state index contributed by atoms with van der Waals surface area (Å²) in [6, 6.07) is 2.66. The molecule has 0 amide bonds. The van der Waals surface area contributed by atoms with E-state index >= 15 is 0 Å². The summed E-state index contributed by atoms with van der Waals surface area (Å²) < 4.78 is 55.5. The van der Waals surface area contributed by atoms with E-state index in [2.05, 4.69) is 4.98 Å². The normalized spacial score (nSPS) is 17.9. The third kappa shape index (κ3) is 2.31. The van der Waals surface area contributed by atoms with Crippen LogP contribution in [0.3, 0.4) is 0 Å². The van der Waals surface area contributed by atoms with E-state index in [1.54, 1.807) is 0 Å². The SMILES string of the molecule is CC(=O)C[C@]1(O)c2cc(F)c(F)cc2-n2c1nc1cc(F)c(F)cc1c2=O. The summed E-state index contributed by atoms with van der Waals surface area (Å²) in [6.07, 6.45) is -0.577. The minimum atomic E-state index is -2.23. The number of rotatable bonds is 2. The maximum absolute atomic E-state index is 13.8. The van der Waals surface area contributed by atoms with E-state index < -0.39 is 52.5 Å². The molecular weight excluding hydrogens is 368 g/mol. The summed E-state index contributed by atoms with van der Waals surface area (Å²) in [5.74, 6) is -6.05. The summed E-state index contributed by atoms with van der Waals surface area (Å²) in [6.45, 7) is 1.16. The Kier molecular flexibility index (Phi) is 3.51. The fraction of sp³-hybridized carbons (Fsp3) is 0.167. The first-order chi connectivity index (χ1) is 12.6. The van der Waals surface area contributed by atoms with Gasteiger partial charge in [-0.1, -0.05) is 0 Å². The predicted octanol–water partition coefficient (Wildman–Crippen LogP) is 2.47. The van der Waals surface area contributed by atoms with E-state index in [1.165, 1.54) is 0 Å². The third-order valence-electron chi connectivity index (χ3n) is 4.51. The van der Waals surface area contributed by atoms with Crippen LogP contribution < -0.4 is 5.56 Å². The van der Waals surface area contributed by atoms with Gasteiger partial charge in [0, 0.05) is 24.1 Å². The van der Waals surface area contributed by atoms with Gasteiger partial charge >= 0.3 is 0 Å². The second-order valence-corrected chi connectivity index (χ2v) is 6.38. The lowest BCUT2D eigenvalue weighted by Crippen LogP contribution is -2.32. The topological polar surface area (TPSA) is 72.2 Å². The molecule has 0 spiro atoms. The van der Waals surface area contributed by atoms with E-state index in [0.29, 0.717) is 24.3 Å². The summed E-state index contributed by atoms with van der Waals surface area (Å²) in [7, 11) is 0. The summed E-state index contributed by atoms with van der Waals surface area (Å²) >= 11 is 0. The standard InChI is InChI=1S/C18H10F4N2O3/c1-7(25)6-18(27)9-3-11(20)13(22)5-15(9)24-16(26)8-2-10(19)12(21)4-14(8)23-17(18)24/h2-5,27H,6H2,1H3/t18-/m0/s1. The number of ketones is 1. The molecule has 0 unspecified atom stereocenters. The molecule has 9 heteroatoms. The molecule has 1 aliphatic heterocycles. The van der Waals surface area contributed by atoms with Crippen LogP contribution in [0.1, 0.15) is 24.7 Å². The fourth-order valence-corrected chi connectivity index (χ4v) is 3.39. The van der Waals surface area contributed by atoms with E-state index in [9.17, 15) is 32.3 Å². The van der Waals surface area contributed by atoms with Gasteiger partial charge in [-0.15, -0.1) is 0 Å². The number of halogens is 4. The van der Waals surface area contributed by atoms with Crippen molar-refractivity contribution in [3.05, 3.63) is 69.3 Å². The third-order valence-corrected chi connectivity index (χ3v) is 4.51. The van der Waals surface area contributed by atoms with Crippen LogP contribution in [0.4, 0.5) is 17.6 Å². The number of aromatic nitrogens is 2. The molecule has 1 aromatic heterocycles. The highest BCUT2D eigenvalue weighted by molar-refractivity contribution is 5.81. The van der Waals surface area contributed by atoms with Crippen molar-refractivity contribution in [2.45, 2.75) is 18.9 Å². The van der Waals surface area contributed by atoms with Crippen LogP contribution in [0.25, 0.3) is 16.6 Å². The molecule has 1 aliphatic rings. The van der Waals surface area contributed by atoms with Gasteiger partial charge in [-0.05, 0) is 19.1 Å². The Balaban J connectivity index is 2.18. The molecule has 138 valence electrons. The largest absolute Gasteiger partial charge is 0.377 e. The summed E-state index contributed by atoms with van der Waals surface area (Å²) in [5.41, 5.74) is -3.87. The van der Waals surface area contributed by atoms with Crippen LogP contribution >= 0.6 is 0 Å². The van der Waals surface area contributed by atoms with E-state index in [1.807, 2.05) is 0 Å². The van der Waals surface area contributed by atoms with Crippen LogP contribution in [0, 0.1) is 23.3 Å². The number of carbonyl (C=O) groups excluding carboxylic acids is 1. The molecule has 1 atom stereocenters. The minimum Gasteiger partial charge on any atom is -0.377 e. The average Bonchev–Trinajstić information content (AvgIpc) is 2.79. The van der Waals surface area contributed by atoms with Gasteiger partial charge in [0.05, 0.1) is 16.6 Å². The van der Waals surface area contributed by atoms with Crippen LogP contribution in [0.2, 0.25) is 0 Å². The highest BCUT2D eigenvalue weighted by Gasteiger charge is 2.46. The van der Waals surface area contributed by atoms with Gasteiger partial charge in [-0.25, -0.2) is 22.5 Å². The van der Waals surface area contributed by atoms with Crippen molar-refractivity contribution in [1.29, 1.82) is 0 Å².